The zero-order valence-corrected chi connectivity index (χ0v) is 9.46. The minimum absolute atomic E-state index is 0.0737. The van der Waals surface area contributed by atoms with E-state index < -0.39 is 30.6 Å². The molecule has 2 unspecified atom stereocenters. The van der Waals surface area contributed by atoms with Crippen LogP contribution in [0.3, 0.4) is 0 Å². The highest BCUT2D eigenvalue weighted by Crippen LogP contribution is 2.26. The largest absolute Gasteiger partial charge is 0.394 e. The van der Waals surface area contributed by atoms with Crippen LogP contribution in [0.15, 0.2) is 17.1 Å². The number of hydrogen-bond donors (Lipinski definition) is 3. The van der Waals surface area contributed by atoms with Crippen LogP contribution in [0.1, 0.15) is 0 Å². The normalized spacial score (nSPS) is 15.4. The number of aromatic nitrogens is 2. The minimum atomic E-state index is -3.98. The fourth-order valence-corrected chi connectivity index (χ4v) is 1.31. The van der Waals surface area contributed by atoms with Crippen molar-refractivity contribution in [2.45, 2.75) is 18.3 Å². The lowest BCUT2D eigenvalue weighted by Crippen LogP contribution is -2.50. The van der Waals surface area contributed by atoms with E-state index in [2.05, 4.69) is 9.72 Å². The van der Waals surface area contributed by atoms with Crippen LogP contribution in [0.5, 0.6) is 0 Å². The Balaban J connectivity index is 3.15. The molecule has 0 bridgehead atoms. The fraction of sp³-hybridized carbons (Fsp3) is 0.556. The SMILES string of the molecule is COC(CO)C(O)C(F)(F)n1ccc(N)nc1=O. The number of rotatable bonds is 5. The van der Waals surface area contributed by atoms with Gasteiger partial charge >= 0.3 is 11.7 Å². The molecule has 102 valence electrons. The summed E-state index contributed by atoms with van der Waals surface area (Å²) in [6.07, 6.45) is -3.24. The van der Waals surface area contributed by atoms with E-state index in [0.717, 1.165) is 13.2 Å². The summed E-state index contributed by atoms with van der Waals surface area (Å²) in [6.45, 7) is -0.829. The molecule has 4 N–H and O–H groups in total. The molecule has 0 saturated carbocycles. The van der Waals surface area contributed by atoms with E-state index in [0.29, 0.717) is 6.20 Å². The molecular formula is C9H13F2N3O4. The lowest BCUT2D eigenvalue weighted by Gasteiger charge is -2.28. The molecule has 0 aromatic carbocycles. The minimum Gasteiger partial charge on any atom is -0.394 e. The second kappa shape index (κ2) is 5.38. The molecule has 1 rings (SSSR count). The van der Waals surface area contributed by atoms with Gasteiger partial charge in [-0.15, -0.1) is 0 Å². The molecule has 1 heterocycles. The number of methoxy groups -OCH3 is 1. The molecule has 0 amide bonds. The Morgan fingerprint density at radius 2 is 2.28 bits per heavy atom. The molecule has 1 aromatic heterocycles. The molecule has 9 heteroatoms. The summed E-state index contributed by atoms with van der Waals surface area (Å²) >= 11 is 0. The van der Waals surface area contributed by atoms with Gasteiger partial charge < -0.3 is 20.7 Å². The summed E-state index contributed by atoms with van der Waals surface area (Å²) in [5.74, 6) is -0.216. The van der Waals surface area contributed by atoms with Crippen LogP contribution >= 0.6 is 0 Å². The van der Waals surface area contributed by atoms with Crippen molar-refractivity contribution in [3.8, 4) is 0 Å². The number of anilines is 1. The highest BCUT2D eigenvalue weighted by molar-refractivity contribution is 5.23. The average molecular weight is 265 g/mol. The van der Waals surface area contributed by atoms with Crippen LogP contribution in [0.4, 0.5) is 14.6 Å². The maximum Gasteiger partial charge on any atom is 0.361 e. The predicted octanol–water partition coefficient (Wildman–Crippen LogP) is -1.26. The standard InChI is InChI=1S/C9H13F2N3O4/c1-18-5(4-15)7(16)9(10,11)14-3-2-6(12)13-8(14)17/h2-3,5,7,15-16H,4H2,1H3,(H2,12,13,17). The van der Waals surface area contributed by atoms with E-state index in [1.54, 1.807) is 0 Å². The summed E-state index contributed by atoms with van der Waals surface area (Å²) in [4.78, 5) is 14.4. The number of alkyl halides is 2. The van der Waals surface area contributed by atoms with E-state index in [4.69, 9.17) is 10.8 Å². The number of nitrogen functional groups attached to an aromatic ring is 1. The average Bonchev–Trinajstić information content (AvgIpc) is 2.29. The molecule has 0 radical (unpaired) electrons. The van der Waals surface area contributed by atoms with E-state index in [-0.39, 0.29) is 10.4 Å². The van der Waals surface area contributed by atoms with Gasteiger partial charge in [0.05, 0.1) is 6.61 Å². The Labute approximate surface area is 100 Å². The van der Waals surface area contributed by atoms with Crippen LogP contribution in [-0.2, 0) is 10.8 Å². The zero-order chi connectivity index (χ0) is 13.9. The molecule has 0 aliphatic heterocycles. The quantitative estimate of drug-likeness (QED) is 0.613. The number of aliphatic hydroxyl groups excluding tert-OH is 2. The molecule has 0 aliphatic rings. The number of aliphatic hydroxyl groups is 2. The van der Waals surface area contributed by atoms with Gasteiger partial charge in [-0.2, -0.15) is 13.8 Å². The summed E-state index contributed by atoms with van der Waals surface area (Å²) in [5.41, 5.74) is 3.85. The third-order valence-corrected chi connectivity index (χ3v) is 2.34. The van der Waals surface area contributed by atoms with Crippen molar-refractivity contribution in [3.05, 3.63) is 22.7 Å². The van der Waals surface area contributed by atoms with Crippen molar-refractivity contribution in [3.63, 3.8) is 0 Å². The molecule has 2 atom stereocenters. The summed E-state index contributed by atoms with van der Waals surface area (Å²) in [6, 6.07) is -3.00. The van der Waals surface area contributed by atoms with Gasteiger partial charge in [-0.25, -0.2) is 9.36 Å². The van der Waals surface area contributed by atoms with Crippen molar-refractivity contribution in [1.29, 1.82) is 0 Å². The van der Waals surface area contributed by atoms with Gasteiger partial charge in [0.15, 0.2) is 6.10 Å². The van der Waals surface area contributed by atoms with E-state index in [1.165, 1.54) is 0 Å². The van der Waals surface area contributed by atoms with Gasteiger partial charge in [0.2, 0.25) is 0 Å². The Hall–Kier alpha value is -1.58. The molecule has 0 saturated heterocycles. The maximum atomic E-state index is 13.8. The zero-order valence-electron chi connectivity index (χ0n) is 9.46. The summed E-state index contributed by atoms with van der Waals surface area (Å²) in [7, 11) is 1.05. The van der Waals surface area contributed by atoms with Gasteiger partial charge in [0.25, 0.3) is 0 Å². The van der Waals surface area contributed by atoms with Crippen molar-refractivity contribution >= 4 is 5.82 Å². The molecule has 7 nitrogen and oxygen atoms in total. The third kappa shape index (κ3) is 2.63. The van der Waals surface area contributed by atoms with Gasteiger partial charge in [-0.05, 0) is 6.07 Å². The number of ether oxygens (including phenoxy) is 1. The maximum absolute atomic E-state index is 13.8. The lowest BCUT2D eigenvalue weighted by molar-refractivity contribution is -0.216. The van der Waals surface area contributed by atoms with E-state index >= 15 is 0 Å². The summed E-state index contributed by atoms with van der Waals surface area (Å²) < 4.78 is 32.0. The second-order valence-electron chi connectivity index (χ2n) is 3.49. The lowest BCUT2D eigenvalue weighted by atomic mass is 10.1. The molecule has 0 aliphatic carbocycles. The fourth-order valence-electron chi connectivity index (χ4n) is 1.31. The first-order valence-electron chi connectivity index (χ1n) is 4.89. The van der Waals surface area contributed by atoms with Crippen LogP contribution in [0, 0.1) is 0 Å². The summed E-state index contributed by atoms with van der Waals surface area (Å²) in [5, 5.41) is 18.2. The first-order chi connectivity index (χ1) is 8.34. The number of halogens is 2. The highest BCUT2D eigenvalue weighted by Gasteiger charge is 2.46. The van der Waals surface area contributed by atoms with Gasteiger partial charge in [0, 0.05) is 13.3 Å². The molecule has 0 fully saturated rings. The molecular weight excluding hydrogens is 252 g/mol. The molecule has 1 aromatic rings. The number of nitrogens with two attached hydrogens (primary N) is 1. The van der Waals surface area contributed by atoms with Crippen LogP contribution in [-0.4, -0.2) is 45.7 Å². The first-order valence-corrected chi connectivity index (χ1v) is 4.89. The molecule has 18 heavy (non-hydrogen) atoms. The third-order valence-electron chi connectivity index (χ3n) is 2.34. The highest BCUT2D eigenvalue weighted by atomic mass is 19.3. The van der Waals surface area contributed by atoms with E-state index in [9.17, 15) is 18.7 Å². The van der Waals surface area contributed by atoms with E-state index in [1.807, 2.05) is 0 Å². The smallest absolute Gasteiger partial charge is 0.361 e. The Bertz CT molecular complexity index is 461. The Kier molecular flexibility index (Phi) is 4.33. The van der Waals surface area contributed by atoms with Crippen molar-refractivity contribution in [2.24, 2.45) is 0 Å². The predicted molar refractivity (Wildman–Crippen MR) is 57.0 cm³/mol. The van der Waals surface area contributed by atoms with Crippen molar-refractivity contribution in [2.75, 3.05) is 19.5 Å². The molecule has 0 spiro atoms. The van der Waals surface area contributed by atoms with Crippen LogP contribution in [0.25, 0.3) is 0 Å². The Morgan fingerprint density at radius 1 is 1.67 bits per heavy atom. The number of hydrogen-bond acceptors (Lipinski definition) is 6. The van der Waals surface area contributed by atoms with Gasteiger partial charge in [-0.3, -0.25) is 0 Å². The van der Waals surface area contributed by atoms with Gasteiger partial charge in [-0.1, -0.05) is 0 Å². The topological polar surface area (TPSA) is 111 Å². The first kappa shape index (κ1) is 14.5. The monoisotopic (exact) mass is 265 g/mol. The second-order valence-corrected chi connectivity index (χ2v) is 3.49. The van der Waals surface area contributed by atoms with Gasteiger partial charge in [0.1, 0.15) is 11.9 Å². The Morgan fingerprint density at radius 3 is 2.72 bits per heavy atom. The van der Waals surface area contributed by atoms with Crippen LogP contribution < -0.4 is 11.4 Å². The van der Waals surface area contributed by atoms with Crippen LogP contribution in [0.2, 0.25) is 0 Å². The number of nitrogens with zero attached hydrogens (tertiary/aromatic N) is 2. The van der Waals surface area contributed by atoms with Crippen molar-refractivity contribution < 1.29 is 23.7 Å². The van der Waals surface area contributed by atoms with Crippen molar-refractivity contribution in [1.82, 2.24) is 9.55 Å².